The Morgan fingerprint density at radius 1 is 1.25 bits per heavy atom. The van der Waals surface area contributed by atoms with E-state index in [1.54, 1.807) is 7.11 Å². The summed E-state index contributed by atoms with van der Waals surface area (Å²) in [4.78, 5) is 12.8. The van der Waals surface area contributed by atoms with Crippen molar-refractivity contribution >= 4 is 18.3 Å². The first kappa shape index (κ1) is 20.9. The molecule has 0 aromatic heterocycles. The minimum atomic E-state index is -0.408. The number of amides is 1. The standard InChI is InChI=1S/C18H28N2O3.ClH/c1-3-23-13-16-7-5-4-6-15(16)12-20-17(21)18(14-22-2)8-10-19-11-9-18;/h4-7,19H,3,8-14H2,1-2H3,(H,20,21);1H. The van der Waals surface area contributed by atoms with E-state index in [4.69, 9.17) is 9.47 Å². The third-order valence-corrected chi connectivity index (χ3v) is 4.48. The first-order valence-corrected chi connectivity index (χ1v) is 8.34. The molecule has 1 aliphatic rings. The van der Waals surface area contributed by atoms with Crippen LogP contribution in [0.15, 0.2) is 24.3 Å². The van der Waals surface area contributed by atoms with E-state index in [1.165, 1.54) is 0 Å². The molecule has 1 saturated heterocycles. The van der Waals surface area contributed by atoms with E-state index >= 15 is 0 Å². The maximum atomic E-state index is 12.8. The lowest BCUT2D eigenvalue weighted by atomic mass is 9.78. The molecule has 0 saturated carbocycles. The summed E-state index contributed by atoms with van der Waals surface area (Å²) in [7, 11) is 1.66. The average molecular weight is 357 g/mol. The van der Waals surface area contributed by atoms with Gasteiger partial charge in [0, 0.05) is 20.3 Å². The van der Waals surface area contributed by atoms with Gasteiger partial charge in [-0.05, 0) is 44.0 Å². The lowest BCUT2D eigenvalue weighted by molar-refractivity contribution is -0.136. The second kappa shape index (κ2) is 10.7. The lowest BCUT2D eigenvalue weighted by Crippen LogP contribution is -2.50. The molecule has 5 nitrogen and oxygen atoms in total. The zero-order chi connectivity index (χ0) is 16.5. The number of hydrogen-bond donors (Lipinski definition) is 2. The Morgan fingerprint density at radius 3 is 2.54 bits per heavy atom. The molecule has 0 radical (unpaired) electrons. The molecule has 0 unspecified atom stereocenters. The number of piperidine rings is 1. The number of hydrogen-bond acceptors (Lipinski definition) is 4. The fourth-order valence-electron chi connectivity index (χ4n) is 3.06. The summed E-state index contributed by atoms with van der Waals surface area (Å²) in [5.74, 6) is 0.0899. The highest BCUT2D eigenvalue weighted by molar-refractivity contribution is 5.85. The van der Waals surface area contributed by atoms with Crippen LogP contribution in [0.3, 0.4) is 0 Å². The molecule has 2 N–H and O–H groups in total. The van der Waals surface area contributed by atoms with Crippen molar-refractivity contribution < 1.29 is 14.3 Å². The van der Waals surface area contributed by atoms with E-state index < -0.39 is 5.41 Å². The second-order valence-electron chi connectivity index (χ2n) is 6.05. The molecule has 1 aromatic rings. The van der Waals surface area contributed by atoms with Crippen molar-refractivity contribution in [2.24, 2.45) is 5.41 Å². The van der Waals surface area contributed by atoms with E-state index in [0.717, 1.165) is 37.1 Å². The largest absolute Gasteiger partial charge is 0.384 e. The van der Waals surface area contributed by atoms with Crippen molar-refractivity contribution in [3.8, 4) is 0 Å². The molecule has 1 aliphatic heterocycles. The maximum absolute atomic E-state index is 12.8. The fraction of sp³-hybridized carbons (Fsp3) is 0.611. The molecule has 1 amide bonds. The van der Waals surface area contributed by atoms with Gasteiger partial charge in [0.1, 0.15) is 0 Å². The van der Waals surface area contributed by atoms with E-state index in [1.807, 2.05) is 31.2 Å². The molecule has 1 heterocycles. The molecule has 136 valence electrons. The summed E-state index contributed by atoms with van der Waals surface area (Å²) >= 11 is 0. The summed E-state index contributed by atoms with van der Waals surface area (Å²) in [5.41, 5.74) is 1.83. The van der Waals surface area contributed by atoms with E-state index in [2.05, 4.69) is 10.6 Å². The van der Waals surface area contributed by atoms with Gasteiger partial charge in [-0.2, -0.15) is 0 Å². The monoisotopic (exact) mass is 356 g/mol. The highest BCUT2D eigenvalue weighted by Gasteiger charge is 2.39. The van der Waals surface area contributed by atoms with Crippen LogP contribution in [0.4, 0.5) is 0 Å². The number of halogens is 1. The number of ether oxygens (including phenoxy) is 2. The van der Waals surface area contributed by atoms with Gasteiger partial charge in [0.05, 0.1) is 18.6 Å². The minimum Gasteiger partial charge on any atom is -0.384 e. The molecule has 1 aromatic carbocycles. The highest BCUT2D eigenvalue weighted by atomic mass is 35.5. The van der Waals surface area contributed by atoms with E-state index in [9.17, 15) is 4.79 Å². The third kappa shape index (κ3) is 5.45. The molecule has 0 spiro atoms. The van der Waals surface area contributed by atoms with Gasteiger partial charge in [-0.3, -0.25) is 4.79 Å². The SMILES string of the molecule is CCOCc1ccccc1CNC(=O)C1(COC)CCNCC1.Cl. The van der Waals surface area contributed by atoms with E-state index in [-0.39, 0.29) is 18.3 Å². The summed E-state index contributed by atoms with van der Waals surface area (Å²) in [6.45, 7) is 5.97. The minimum absolute atomic E-state index is 0. The summed E-state index contributed by atoms with van der Waals surface area (Å²) in [6.07, 6.45) is 1.63. The smallest absolute Gasteiger partial charge is 0.228 e. The zero-order valence-electron chi connectivity index (χ0n) is 14.6. The van der Waals surface area contributed by atoms with Gasteiger partial charge < -0.3 is 20.1 Å². The molecule has 0 atom stereocenters. The quantitative estimate of drug-likeness (QED) is 0.750. The van der Waals surface area contributed by atoms with Crippen LogP contribution < -0.4 is 10.6 Å². The summed E-state index contributed by atoms with van der Waals surface area (Å²) < 4.78 is 10.8. The van der Waals surface area contributed by atoms with Gasteiger partial charge in [-0.15, -0.1) is 12.4 Å². The van der Waals surface area contributed by atoms with Gasteiger partial charge in [0.15, 0.2) is 0 Å². The molecule has 6 heteroatoms. The number of carbonyl (C=O) groups is 1. The molecule has 0 bridgehead atoms. The van der Waals surface area contributed by atoms with Crippen LogP contribution >= 0.6 is 12.4 Å². The lowest BCUT2D eigenvalue weighted by Gasteiger charge is -2.35. The summed E-state index contributed by atoms with van der Waals surface area (Å²) in [5, 5.41) is 6.42. The van der Waals surface area contributed by atoms with Crippen LogP contribution in [0.2, 0.25) is 0 Å². The van der Waals surface area contributed by atoms with Crippen molar-refractivity contribution in [3.05, 3.63) is 35.4 Å². The molecule has 24 heavy (non-hydrogen) atoms. The number of methoxy groups -OCH3 is 1. The Labute approximate surface area is 150 Å². The second-order valence-corrected chi connectivity index (χ2v) is 6.05. The Kier molecular flexibility index (Phi) is 9.29. The normalized spacial score (nSPS) is 16.2. The van der Waals surface area contributed by atoms with Crippen LogP contribution in [0.5, 0.6) is 0 Å². The first-order valence-electron chi connectivity index (χ1n) is 8.34. The number of rotatable bonds is 8. The van der Waals surface area contributed by atoms with Crippen LogP contribution in [0.1, 0.15) is 30.9 Å². The predicted octanol–water partition coefficient (Wildman–Crippen LogP) is 2.28. The van der Waals surface area contributed by atoms with Crippen LogP contribution in [0.25, 0.3) is 0 Å². The van der Waals surface area contributed by atoms with Gasteiger partial charge >= 0.3 is 0 Å². The number of benzene rings is 1. The van der Waals surface area contributed by atoms with Gasteiger partial charge in [-0.25, -0.2) is 0 Å². The summed E-state index contributed by atoms with van der Waals surface area (Å²) in [6, 6.07) is 8.08. The zero-order valence-corrected chi connectivity index (χ0v) is 15.4. The Balaban J connectivity index is 0.00000288. The van der Waals surface area contributed by atoms with E-state index in [0.29, 0.717) is 26.4 Å². The topological polar surface area (TPSA) is 59.6 Å². The third-order valence-electron chi connectivity index (χ3n) is 4.48. The Hall–Kier alpha value is -1.14. The predicted molar refractivity (Wildman–Crippen MR) is 97.3 cm³/mol. The molecular weight excluding hydrogens is 328 g/mol. The molecule has 0 aliphatic carbocycles. The average Bonchev–Trinajstić information content (AvgIpc) is 2.59. The number of nitrogens with one attached hydrogen (secondary N) is 2. The Bertz CT molecular complexity index is 499. The van der Waals surface area contributed by atoms with Crippen LogP contribution in [0, 0.1) is 5.41 Å². The van der Waals surface area contributed by atoms with Crippen molar-refractivity contribution in [2.45, 2.75) is 32.9 Å². The number of carbonyl (C=O) groups excluding carboxylic acids is 1. The fourth-order valence-corrected chi connectivity index (χ4v) is 3.06. The molecule has 2 rings (SSSR count). The Morgan fingerprint density at radius 2 is 1.92 bits per heavy atom. The highest BCUT2D eigenvalue weighted by Crippen LogP contribution is 2.29. The van der Waals surface area contributed by atoms with Crippen molar-refractivity contribution in [1.82, 2.24) is 10.6 Å². The van der Waals surface area contributed by atoms with Gasteiger partial charge in [0.25, 0.3) is 0 Å². The van der Waals surface area contributed by atoms with Crippen LogP contribution in [-0.4, -0.2) is 39.3 Å². The first-order chi connectivity index (χ1) is 11.2. The van der Waals surface area contributed by atoms with Gasteiger partial charge in [0.2, 0.25) is 5.91 Å². The van der Waals surface area contributed by atoms with Crippen molar-refractivity contribution in [2.75, 3.05) is 33.4 Å². The van der Waals surface area contributed by atoms with Crippen LogP contribution in [-0.2, 0) is 27.4 Å². The van der Waals surface area contributed by atoms with Crippen molar-refractivity contribution in [3.63, 3.8) is 0 Å². The molecule has 1 fully saturated rings. The van der Waals surface area contributed by atoms with Gasteiger partial charge in [-0.1, -0.05) is 24.3 Å². The maximum Gasteiger partial charge on any atom is 0.228 e. The van der Waals surface area contributed by atoms with Crippen molar-refractivity contribution in [1.29, 1.82) is 0 Å². The molecular formula is C18H29ClN2O3.